The van der Waals surface area contributed by atoms with Crippen molar-refractivity contribution >= 4 is 66.5 Å². The van der Waals surface area contributed by atoms with Gasteiger partial charge in [0.25, 0.3) is 0 Å². The first-order valence-corrected chi connectivity index (χ1v) is 16.4. The lowest BCUT2D eigenvalue weighted by Gasteiger charge is -2.17. The number of allylic oxidation sites excluding steroid dienone is 2. The Kier molecular flexibility index (Phi) is 5.37. The fourth-order valence-corrected chi connectivity index (χ4v) is 8.54. The number of hydrogen-bond donors (Lipinski definition) is 0. The Balaban J connectivity index is 1.30. The Bertz CT molecular complexity index is 2540. The number of rotatable bonds is 3. The van der Waals surface area contributed by atoms with Crippen LogP contribution in [0, 0.1) is 0 Å². The molecular weight excluding hydrogens is 571 g/mol. The van der Waals surface area contributed by atoms with Crippen LogP contribution in [-0.2, 0) is 12.8 Å². The molecule has 5 heteroatoms. The van der Waals surface area contributed by atoms with Crippen LogP contribution in [0.25, 0.3) is 83.5 Å². The smallest absolute Gasteiger partial charge is 0.160 e. The molecule has 2 aliphatic carbocycles. The van der Waals surface area contributed by atoms with E-state index in [4.69, 9.17) is 14.4 Å². The minimum absolute atomic E-state index is 0.762. The van der Waals surface area contributed by atoms with Gasteiger partial charge < -0.3 is 8.98 Å². The van der Waals surface area contributed by atoms with Crippen molar-refractivity contribution in [3.8, 4) is 28.3 Å². The van der Waals surface area contributed by atoms with Crippen LogP contribution in [0.2, 0.25) is 0 Å². The highest BCUT2D eigenvalue weighted by atomic mass is 32.1. The Morgan fingerprint density at radius 1 is 0.711 bits per heavy atom. The SMILES string of the molecule is C1=Cc2c(sc3c(-c4ccccc4-n4c5c(c6cc7oc8ccccc8c7cc64)CCC=C5)nc(-c4ccccc4)nc23)CC1. The molecule has 2 aliphatic rings. The van der Waals surface area contributed by atoms with E-state index in [2.05, 4.69) is 108 Å². The lowest BCUT2D eigenvalue weighted by molar-refractivity contribution is 0.669. The summed E-state index contributed by atoms with van der Waals surface area (Å²) in [6, 6.07) is 32.1. The van der Waals surface area contributed by atoms with Crippen molar-refractivity contribution in [2.45, 2.75) is 25.7 Å². The summed E-state index contributed by atoms with van der Waals surface area (Å²) in [5.74, 6) is 0.762. The maximum Gasteiger partial charge on any atom is 0.160 e. The number of aryl methyl sites for hydroxylation is 2. The molecule has 0 amide bonds. The van der Waals surface area contributed by atoms with Crippen molar-refractivity contribution in [1.82, 2.24) is 14.5 Å². The second-order valence-electron chi connectivity index (χ2n) is 11.9. The molecule has 0 fully saturated rings. The summed E-state index contributed by atoms with van der Waals surface area (Å²) >= 11 is 1.86. The third kappa shape index (κ3) is 3.71. The van der Waals surface area contributed by atoms with Crippen LogP contribution in [-0.4, -0.2) is 14.5 Å². The highest BCUT2D eigenvalue weighted by Gasteiger charge is 2.25. The number of thiophene rings is 1. The van der Waals surface area contributed by atoms with Gasteiger partial charge in [0.2, 0.25) is 0 Å². The van der Waals surface area contributed by atoms with E-state index < -0.39 is 0 Å². The first-order chi connectivity index (χ1) is 22.3. The zero-order valence-electron chi connectivity index (χ0n) is 24.5. The average molecular weight is 598 g/mol. The first kappa shape index (κ1) is 25.1. The Morgan fingerprint density at radius 2 is 1.53 bits per heavy atom. The van der Waals surface area contributed by atoms with Crippen molar-refractivity contribution in [1.29, 1.82) is 0 Å². The van der Waals surface area contributed by atoms with E-state index in [1.54, 1.807) is 0 Å². The number of aromatic nitrogens is 3. The van der Waals surface area contributed by atoms with Crippen LogP contribution in [0.15, 0.2) is 108 Å². The molecule has 10 rings (SSSR count). The fourth-order valence-electron chi connectivity index (χ4n) is 7.29. The van der Waals surface area contributed by atoms with Gasteiger partial charge in [-0.15, -0.1) is 11.3 Å². The van der Waals surface area contributed by atoms with Gasteiger partial charge in [0, 0.05) is 43.4 Å². The number of nitrogens with zero attached hydrogens (tertiary/aromatic N) is 3. The third-order valence-electron chi connectivity index (χ3n) is 9.35. The number of benzene rings is 4. The predicted molar refractivity (Wildman–Crippen MR) is 187 cm³/mol. The zero-order valence-corrected chi connectivity index (χ0v) is 25.3. The number of furan rings is 1. The lowest BCUT2D eigenvalue weighted by Crippen LogP contribution is -2.03. The summed E-state index contributed by atoms with van der Waals surface area (Å²) in [4.78, 5) is 11.9. The monoisotopic (exact) mass is 597 g/mol. The van der Waals surface area contributed by atoms with Crippen LogP contribution in [0.3, 0.4) is 0 Å². The normalized spacial score (nSPS) is 14.1. The second kappa shape index (κ2) is 9.62. The molecule has 0 radical (unpaired) electrons. The van der Waals surface area contributed by atoms with Crippen LogP contribution in [0.5, 0.6) is 0 Å². The molecule has 4 nitrogen and oxygen atoms in total. The molecular formula is C40H27N3OS. The van der Waals surface area contributed by atoms with Gasteiger partial charge in [-0.05, 0) is 61.6 Å². The van der Waals surface area contributed by atoms with E-state index >= 15 is 0 Å². The lowest BCUT2D eigenvalue weighted by atomic mass is 10.00. The topological polar surface area (TPSA) is 43.9 Å². The maximum atomic E-state index is 6.35. The Hall–Kier alpha value is -5.26. The minimum Gasteiger partial charge on any atom is -0.456 e. The van der Waals surface area contributed by atoms with E-state index in [-0.39, 0.29) is 0 Å². The molecule has 0 bridgehead atoms. The quantitative estimate of drug-likeness (QED) is 0.203. The van der Waals surface area contributed by atoms with Crippen LogP contribution in [0.4, 0.5) is 0 Å². The van der Waals surface area contributed by atoms with Gasteiger partial charge >= 0.3 is 0 Å². The summed E-state index contributed by atoms with van der Waals surface area (Å²) in [5.41, 5.74) is 12.2. The summed E-state index contributed by atoms with van der Waals surface area (Å²) in [7, 11) is 0. The van der Waals surface area contributed by atoms with E-state index in [0.29, 0.717) is 0 Å². The van der Waals surface area contributed by atoms with Crippen molar-refractivity contribution < 1.29 is 4.42 Å². The van der Waals surface area contributed by atoms with Gasteiger partial charge in [0.1, 0.15) is 11.2 Å². The second-order valence-corrected chi connectivity index (χ2v) is 13.0. The van der Waals surface area contributed by atoms with Gasteiger partial charge in [-0.25, -0.2) is 9.97 Å². The van der Waals surface area contributed by atoms with Crippen molar-refractivity contribution in [2.24, 2.45) is 0 Å². The molecule has 0 aliphatic heterocycles. The summed E-state index contributed by atoms with van der Waals surface area (Å²) in [5, 5.41) is 3.54. The highest BCUT2D eigenvalue weighted by molar-refractivity contribution is 7.19. The molecule has 0 atom stereocenters. The van der Waals surface area contributed by atoms with E-state index in [1.807, 2.05) is 23.5 Å². The van der Waals surface area contributed by atoms with Gasteiger partial charge in [0.15, 0.2) is 5.82 Å². The van der Waals surface area contributed by atoms with Gasteiger partial charge in [-0.2, -0.15) is 0 Å². The molecule has 4 aromatic carbocycles. The molecule has 0 saturated heterocycles. The van der Waals surface area contributed by atoms with Crippen LogP contribution < -0.4 is 0 Å². The van der Waals surface area contributed by atoms with E-state index in [0.717, 1.165) is 86.2 Å². The molecule has 4 aromatic heterocycles. The van der Waals surface area contributed by atoms with Crippen molar-refractivity contribution in [3.63, 3.8) is 0 Å². The average Bonchev–Trinajstić information content (AvgIpc) is 3.76. The molecule has 0 unspecified atom stereocenters. The standard InChI is InChI=1S/C40H27N3OS/c1-2-12-24(13-3-1)40-41-37(39-38(42-40)28-17-7-11-21-36(28)45-39)27-16-5-9-19-32(27)43-31-18-8-4-14-25(31)29-23-35-30(22-33(29)43)26-15-6-10-20-34(26)44-35/h1-3,5-10,12-13,15-20,22-23H,4,11,14,21H2. The van der Waals surface area contributed by atoms with Gasteiger partial charge in [0.05, 0.1) is 27.1 Å². The van der Waals surface area contributed by atoms with Crippen molar-refractivity contribution in [2.75, 3.05) is 0 Å². The predicted octanol–water partition coefficient (Wildman–Crippen LogP) is 10.8. The fraction of sp³-hybridized carbons (Fsp3) is 0.100. The number of hydrogen-bond acceptors (Lipinski definition) is 4. The Labute approximate surface area is 263 Å². The molecule has 0 saturated carbocycles. The van der Waals surface area contributed by atoms with Gasteiger partial charge in [-0.3, -0.25) is 0 Å². The van der Waals surface area contributed by atoms with Crippen LogP contribution >= 0.6 is 11.3 Å². The summed E-state index contributed by atoms with van der Waals surface area (Å²) < 4.78 is 9.97. The largest absolute Gasteiger partial charge is 0.456 e. The van der Waals surface area contributed by atoms with Gasteiger partial charge in [-0.1, -0.05) is 85.0 Å². The summed E-state index contributed by atoms with van der Waals surface area (Å²) in [6.45, 7) is 0. The van der Waals surface area contributed by atoms with Crippen LogP contribution in [0.1, 0.15) is 34.5 Å². The number of fused-ring (bicyclic) bond motifs is 9. The molecule has 4 heterocycles. The maximum absolute atomic E-state index is 6.35. The minimum atomic E-state index is 0.762. The summed E-state index contributed by atoms with van der Waals surface area (Å²) in [6.07, 6.45) is 13.3. The number of para-hydroxylation sites is 2. The van der Waals surface area contributed by atoms with Crippen molar-refractivity contribution in [3.05, 3.63) is 125 Å². The molecule has 8 aromatic rings. The van der Waals surface area contributed by atoms with E-state index in [9.17, 15) is 0 Å². The molecule has 214 valence electrons. The molecule has 45 heavy (non-hydrogen) atoms. The zero-order chi connectivity index (χ0) is 29.5. The Morgan fingerprint density at radius 3 is 2.49 bits per heavy atom. The molecule has 0 spiro atoms. The van der Waals surface area contributed by atoms with E-state index in [1.165, 1.54) is 32.6 Å². The highest BCUT2D eigenvalue weighted by Crippen LogP contribution is 2.44. The third-order valence-corrected chi connectivity index (χ3v) is 10.6. The molecule has 0 N–H and O–H groups in total. The first-order valence-electron chi connectivity index (χ1n) is 15.6.